The first-order valence-corrected chi connectivity index (χ1v) is 7.62. The molecule has 6 heteroatoms. The average Bonchev–Trinajstić information content (AvgIpc) is 3.02. The van der Waals surface area contributed by atoms with Gasteiger partial charge in [-0.15, -0.1) is 0 Å². The van der Waals surface area contributed by atoms with Crippen molar-refractivity contribution in [2.45, 2.75) is 18.9 Å². The highest BCUT2D eigenvalue weighted by atomic mass is 35.5. The Labute approximate surface area is 134 Å². The Bertz CT molecular complexity index is 727. The Morgan fingerprint density at radius 2 is 2.05 bits per heavy atom. The molecule has 0 bridgehead atoms. The van der Waals surface area contributed by atoms with E-state index in [2.05, 4.69) is 22.1 Å². The molecule has 0 saturated carbocycles. The summed E-state index contributed by atoms with van der Waals surface area (Å²) in [5.74, 6) is 0.835. The minimum Gasteiger partial charge on any atom is -0.497 e. The number of methoxy groups -OCH3 is 1. The van der Waals surface area contributed by atoms with E-state index in [4.69, 9.17) is 16.3 Å². The Morgan fingerprint density at radius 1 is 1.32 bits per heavy atom. The molecule has 116 valence electrons. The van der Waals surface area contributed by atoms with Crippen LogP contribution in [-0.2, 0) is 7.05 Å². The first-order chi connectivity index (χ1) is 10.6. The van der Waals surface area contributed by atoms with Gasteiger partial charge in [0.25, 0.3) is 5.56 Å². The average molecular weight is 320 g/mol. The van der Waals surface area contributed by atoms with Crippen molar-refractivity contribution in [3.8, 4) is 5.75 Å². The summed E-state index contributed by atoms with van der Waals surface area (Å²) in [5, 5.41) is 4.33. The fourth-order valence-electron chi connectivity index (χ4n) is 2.93. The maximum absolute atomic E-state index is 12.0. The summed E-state index contributed by atoms with van der Waals surface area (Å²) in [6, 6.07) is 8.23. The second-order valence-corrected chi connectivity index (χ2v) is 5.78. The lowest BCUT2D eigenvalue weighted by Gasteiger charge is -2.27. The van der Waals surface area contributed by atoms with Gasteiger partial charge < -0.3 is 9.64 Å². The lowest BCUT2D eigenvalue weighted by atomic mass is 10.0. The molecule has 3 rings (SSSR count). The number of ether oxygens (including phenoxy) is 1. The molecule has 2 heterocycles. The van der Waals surface area contributed by atoms with Crippen LogP contribution in [0.4, 0.5) is 5.69 Å². The van der Waals surface area contributed by atoms with Gasteiger partial charge in [0, 0.05) is 13.6 Å². The molecule has 1 fully saturated rings. The third-order valence-corrected chi connectivity index (χ3v) is 4.48. The van der Waals surface area contributed by atoms with Crippen molar-refractivity contribution >= 4 is 17.3 Å². The monoisotopic (exact) mass is 319 g/mol. The van der Waals surface area contributed by atoms with Crippen LogP contribution in [0.2, 0.25) is 5.02 Å². The predicted molar refractivity (Wildman–Crippen MR) is 86.8 cm³/mol. The van der Waals surface area contributed by atoms with E-state index in [-0.39, 0.29) is 16.6 Å². The van der Waals surface area contributed by atoms with Crippen LogP contribution >= 0.6 is 11.6 Å². The topological polar surface area (TPSA) is 47.4 Å². The zero-order valence-electron chi connectivity index (χ0n) is 12.6. The molecule has 5 nitrogen and oxygen atoms in total. The van der Waals surface area contributed by atoms with Crippen molar-refractivity contribution in [2.75, 3.05) is 18.6 Å². The number of hydrogen-bond acceptors (Lipinski definition) is 4. The molecule has 1 aromatic heterocycles. The normalized spacial score (nSPS) is 17.8. The Kier molecular flexibility index (Phi) is 4.07. The molecule has 22 heavy (non-hydrogen) atoms. The van der Waals surface area contributed by atoms with Crippen molar-refractivity contribution in [1.29, 1.82) is 0 Å². The van der Waals surface area contributed by atoms with E-state index < -0.39 is 0 Å². The Hall–Kier alpha value is -2.01. The second kappa shape index (κ2) is 6.01. The molecule has 0 spiro atoms. The summed E-state index contributed by atoms with van der Waals surface area (Å²) in [7, 11) is 3.25. The van der Waals surface area contributed by atoms with E-state index >= 15 is 0 Å². The molecule has 0 N–H and O–H groups in total. The number of benzene rings is 1. The molecule has 1 unspecified atom stereocenters. The fraction of sp³-hybridized carbons (Fsp3) is 0.375. The number of anilines is 1. The van der Waals surface area contributed by atoms with Crippen molar-refractivity contribution in [3.05, 3.63) is 51.4 Å². The largest absolute Gasteiger partial charge is 0.497 e. The molecule has 1 aliphatic heterocycles. The SMILES string of the molecule is COc1ccc(C2CCCN2c2cnn(C)c(=O)c2Cl)cc1. The van der Waals surface area contributed by atoms with Crippen molar-refractivity contribution < 1.29 is 4.74 Å². The first-order valence-electron chi connectivity index (χ1n) is 7.24. The Balaban J connectivity index is 1.96. The van der Waals surface area contributed by atoms with E-state index in [0.717, 1.165) is 25.1 Å². The molecule has 0 radical (unpaired) electrons. The summed E-state index contributed by atoms with van der Waals surface area (Å²) in [6.07, 6.45) is 3.76. The quantitative estimate of drug-likeness (QED) is 0.873. The highest BCUT2D eigenvalue weighted by Gasteiger charge is 2.28. The van der Waals surface area contributed by atoms with Gasteiger partial charge in [0.05, 0.1) is 25.0 Å². The van der Waals surface area contributed by atoms with Gasteiger partial charge in [-0.1, -0.05) is 23.7 Å². The smallest absolute Gasteiger partial charge is 0.287 e. The van der Waals surface area contributed by atoms with Crippen molar-refractivity contribution in [1.82, 2.24) is 9.78 Å². The molecular weight excluding hydrogens is 302 g/mol. The highest BCUT2D eigenvalue weighted by molar-refractivity contribution is 6.33. The van der Waals surface area contributed by atoms with Gasteiger partial charge in [-0.05, 0) is 30.5 Å². The molecule has 0 aliphatic carbocycles. The van der Waals surface area contributed by atoms with Gasteiger partial charge in [-0.2, -0.15) is 5.10 Å². The van der Waals surface area contributed by atoms with Crippen LogP contribution in [0, 0.1) is 0 Å². The van der Waals surface area contributed by atoms with Gasteiger partial charge in [0.1, 0.15) is 10.8 Å². The summed E-state index contributed by atoms with van der Waals surface area (Å²) < 4.78 is 6.46. The summed E-state index contributed by atoms with van der Waals surface area (Å²) in [4.78, 5) is 14.2. The van der Waals surface area contributed by atoms with Crippen LogP contribution < -0.4 is 15.2 Å². The molecule has 1 atom stereocenters. The van der Waals surface area contributed by atoms with Gasteiger partial charge >= 0.3 is 0 Å². The van der Waals surface area contributed by atoms with Crippen LogP contribution in [0.5, 0.6) is 5.75 Å². The number of nitrogens with zero attached hydrogens (tertiary/aromatic N) is 3. The van der Waals surface area contributed by atoms with Crippen molar-refractivity contribution in [3.63, 3.8) is 0 Å². The molecule has 1 aliphatic rings. The van der Waals surface area contributed by atoms with Crippen LogP contribution in [0.1, 0.15) is 24.4 Å². The summed E-state index contributed by atoms with van der Waals surface area (Å²) >= 11 is 6.24. The molecular formula is C16H18ClN3O2. The van der Waals surface area contributed by atoms with Gasteiger partial charge in [-0.25, -0.2) is 4.68 Å². The zero-order valence-corrected chi connectivity index (χ0v) is 13.4. The third kappa shape index (κ3) is 2.57. The van der Waals surface area contributed by atoms with E-state index in [9.17, 15) is 4.79 Å². The Morgan fingerprint density at radius 3 is 2.73 bits per heavy atom. The van der Waals surface area contributed by atoms with E-state index in [0.29, 0.717) is 5.69 Å². The highest BCUT2D eigenvalue weighted by Crippen LogP contribution is 2.38. The number of aromatic nitrogens is 2. The lowest BCUT2D eigenvalue weighted by molar-refractivity contribution is 0.414. The zero-order chi connectivity index (χ0) is 15.7. The fourth-order valence-corrected chi connectivity index (χ4v) is 3.21. The molecule has 1 aromatic carbocycles. The number of halogens is 1. The minimum absolute atomic E-state index is 0.206. The third-order valence-electron chi connectivity index (χ3n) is 4.12. The van der Waals surface area contributed by atoms with Gasteiger partial charge in [0.15, 0.2) is 0 Å². The van der Waals surface area contributed by atoms with E-state index in [1.807, 2.05) is 12.1 Å². The predicted octanol–water partition coefficient (Wildman–Crippen LogP) is 2.78. The number of rotatable bonds is 3. The standard InChI is InChI=1S/C16H18ClN3O2/c1-19-16(21)15(17)14(10-18-19)20-9-3-4-13(20)11-5-7-12(22-2)8-6-11/h5-8,10,13H,3-4,9H2,1-2H3. The van der Waals surface area contributed by atoms with Crippen LogP contribution in [0.25, 0.3) is 0 Å². The van der Waals surface area contributed by atoms with Gasteiger partial charge in [-0.3, -0.25) is 4.79 Å². The van der Waals surface area contributed by atoms with Crippen LogP contribution in [0.3, 0.4) is 0 Å². The number of aryl methyl sites for hydroxylation is 1. The van der Waals surface area contributed by atoms with Gasteiger partial charge in [0.2, 0.25) is 0 Å². The van der Waals surface area contributed by atoms with Crippen LogP contribution in [0.15, 0.2) is 35.3 Å². The van der Waals surface area contributed by atoms with E-state index in [1.165, 1.54) is 10.2 Å². The summed E-state index contributed by atoms with van der Waals surface area (Å²) in [6.45, 7) is 0.866. The van der Waals surface area contributed by atoms with Crippen LogP contribution in [-0.4, -0.2) is 23.4 Å². The maximum atomic E-state index is 12.0. The second-order valence-electron chi connectivity index (χ2n) is 5.40. The summed E-state index contributed by atoms with van der Waals surface area (Å²) in [5.41, 5.74) is 1.64. The molecule has 1 saturated heterocycles. The lowest BCUT2D eigenvalue weighted by Crippen LogP contribution is -2.28. The van der Waals surface area contributed by atoms with Crippen molar-refractivity contribution in [2.24, 2.45) is 7.05 Å². The number of hydrogen-bond donors (Lipinski definition) is 0. The molecule has 0 amide bonds. The maximum Gasteiger partial charge on any atom is 0.287 e. The first kappa shape index (κ1) is 14.9. The minimum atomic E-state index is -0.264. The molecule has 2 aromatic rings. The van der Waals surface area contributed by atoms with E-state index in [1.54, 1.807) is 20.4 Å².